The molecule has 2 unspecified atom stereocenters. The van der Waals surface area contributed by atoms with Gasteiger partial charge >= 0.3 is 0 Å². The van der Waals surface area contributed by atoms with Crippen LogP contribution >= 0.6 is 0 Å². The molecule has 0 spiro atoms. The van der Waals surface area contributed by atoms with Crippen molar-refractivity contribution in [3.05, 3.63) is 350 Å². The Balaban J connectivity index is 0.669. The molecule has 514 valence electrons. The predicted molar refractivity (Wildman–Crippen MR) is 465 cm³/mol. The third-order valence-corrected chi connectivity index (χ3v) is 24.4. The molecule has 0 saturated carbocycles. The summed E-state index contributed by atoms with van der Waals surface area (Å²) in [6.07, 6.45) is 2.14. The first-order valence-corrected chi connectivity index (χ1v) is 38.9. The zero-order chi connectivity index (χ0) is 72.2. The van der Waals surface area contributed by atoms with E-state index in [0.717, 1.165) is 12.8 Å². The standard InChI is InChI=1S/C106H80N2/c1-63(2)72-37-41-76-59-99-91(51-80(76)45-72)95-55-85(103-87(68-25-14-8-15-26-68)33-22-34-88(103)69-27-16-9-17-28-69)56-96-93-53-82-47-74(39-43-78(82)61-101(93)107(99)105(95)96)65(5)35-36-66(6)75-40-44-79-62-102-94(54-83(79)48-75)98-58-86(57-97-92-52-81-46-73(64(3)4)38-42-77(81)60-100(92)108(102)106(97)98)104-89(70-29-18-10-19-30-70)49-84(67-23-12-7-13-24-67)50-90(104)71-31-20-11-21-32-71/h7-34,37-66H,35-36H2,1-6H3. The average Bonchev–Trinajstić information content (AvgIpc) is 1.53. The van der Waals surface area contributed by atoms with E-state index in [1.54, 1.807) is 0 Å². The van der Waals surface area contributed by atoms with E-state index in [9.17, 15) is 0 Å². The molecule has 2 atom stereocenters. The maximum Gasteiger partial charge on any atom is 0.0620 e. The highest BCUT2D eigenvalue weighted by Gasteiger charge is 2.27. The fraction of sp³-hybridized carbons (Fsp3) is 0.113. The second-order valence-electron chi connectivity index (χ2n) is 31.6. The zero-order valence-electron chi connectivity index (χ0n) is 61.8. The lowest BCUT2D eigenvalue weighted by Crippen LogP contribution is -1.99. The third-order valence-electron chi connectivity index (χ3n) is 24.4. The summed E-state index contributed by atoms with van der Waals surface area (Å²) >= 11 is 0. The summed E-state index contributed by atoms with van der Waals surface area (Å²) in [4.78, 5) is 0. The monoisotopic (exact) mass is 1380 g/mol. The molecule has 2 nitrogen and oxygen atoms in total. The summed E-state index contributed by atoms with van der Waals surface area (Å²) in [7, 11) is 0. The summed E-state index contributed by atoms with van der Waals surface area (Å²) in [5.74, 6) is 1.57. The number of aromatic nitrogens is 2. The van der Waals surface area contributed by atoms with E-state index >= 15 is 0 Å². The number of hydrogen-bond acceptors (Lipinski definition) is 0. The molecule has 0 fully saturated rings. The smallest absolute Gasteiger partial charge is 0.0620 e. The van der Waals surface area contributed by atoms with Crippen LogP contribution in [-0.4, -0.2) is 8.80 Å². The molecule has 21 rings (SSSR count). The molecule has 0 aliphatic carbocycles. The van der Waals surface area contributed by atoms with Gasteiger partial charge in [0.2, 0.25) is 0 Å². The molecule has 0 aliphatic heterocycles. The Labute approximate surface area is 629 Å². The van der Waals surface area contributed by atoms with E-state index in [2.05, 4.69) is 378 Å². The number of hydrogen-bond donors (Lipinski definition) is 0. The van der Waals surface area contributed by atoms with Gasteiger partial charge in [0.1, 0.15) is 0 Å². The minimum absolute atomic E-state index is 0.348. The quantitative estimate of drug-likeness (QED) is 0.103. The van der Waals surface area contributed by atoms with E-state index in [1.807, 2.05) is 0 Å². The average molecular weight is 1380 g/mol. The first-order chi connectivity index (χ1) is 53.0. The molecule has 0 saturated heterocycles. The van der Waals surface area contributed by atoms with Crippen LogP contribution in [0.5, 0.6) is 0 Å². The van der Waals surface area contributed by atoms with Crippen molar-refractivity contribution >= 4 is 119 Å². The molecular formula is C106H80N2. The Morgan fingerprint density at radius 3 is 0.815 bits per heavy atom. The van der Waals surface area contributed by atoms with Gasteiger partial charge in [-0.25, -0.2) is 0 Å². The van der Waals surface area contributed by atoms with E-state index in [-0.39, 0.29) is 0 Å². The van der Waals surface area contributed by atoms with Gasteiger partial charge in [-0.2, -0.15) is 0 Å². The van der Waals surface area contributed by atoms with Crippen molar-refractivity contribution in [1.82, 2.24) is 8.80 Å². The largest absolute Gasteiger partial charge is 0.308 e. The lowest BCUT2D eigenvalue weighted by molar-refractivity contribution is 0.574. The van der Waals surface area contributed by atoms with Crippen molar-refractivity contribution in [2.75, 3.05) is 0 Å². The van der Waals surface area contributed by atoms with Crippen molar-refractivity contribution < 1.29 is 0 Å². The summed E-state index contributed by atoms with van der Waals surface area (Å²) < 4.78 is 5.18. The van der Waals surface area contributed by atoms with Gasteiger partial charge in [-0.15, -0.1) is 0 Å². The van der Waals surface area contributed by atoms with Crippen LogP contribution in [0, 0.1) is 0 Å². The van der Waals surface area contributed by atoms with Gasteiger partial charge in [0.05, 0.1) is 33.1 Å². The molecule has 21 aromatic rings. The molecule has 0 bridgehead atoms. The second kappa shape index (κ2) is 25.0. The topological polar surface area (TPSA) is 8.82 Å². The van der Waals surface area contributed by atoms with Gasteiger partial charge in [-0.05, 0) is 265 Å². The Bertz CT molecular complexity index is 7040. The van der Waals surface area contributed by atoms with Crippen LogP contribution in [0.4, 0.5) is 0 Å². The Kier molecular flexibility index (Phi) is 14.8. The third kappa shape index (κ3) is 10.3. The minimum atomic E-state index is 0.348. The molecule has 4 heterocycles. The van der Waals surface area contributed by atoms with Gasteiger partial charge in [-0.1, -0.05) is 284 Å². The van der Waals surface area contributed by atoms with Gasteiger partial charge in [0.25, 0.3) is 0 Å². The fourth-order valence-electron chi connectivity index (χ4n) is 18.6. The van der Waals surface area contributed by atoms with E-state index in [0.29, 0.717) is 23.7 Å². The summed E-state index contributed by atoms with van der Waals surface area (Å²) in [6.45, 7) is 14.1. The van der Waals surface area contributed by atoms with Gasteiger partial charge in [0, 0.05) is 43.1 Å². The first-order valence-electron chi connectivity index (χ1n) is 38.9. The highest BCUT2D eigenvalue weighted by atomic mass is 14.9. The van der Waals surface area contributed by atoms with E-state index < -0.39 is 0 Å². The highest BCUT2D eigenvalue weighted by Crippen LogP contribution is 2.52. The Morgan fingerprint density at radius 1 is 0.204 bits per heavy atom. The molecule has 108 heavy (non-hydrogen) atoms. The van der Waals surface area contributed by atoms with Crippen molar-refractivity contribution in [3.8, 4) is 77.9 Å². The summed E-state index contributed by atoms with van der Waals surface area (Å²) in [5.41, 5.74) is 30.1. The van der Waals surface area contributed by atoms with Crippen LogP contribution in [-0.2, 0) is 0 Å². The van der Waals surface area contributed by atoms with Crippen molar-refractivity contribution in [2.45, 2.75) is 78.1 Å². The first kappa shape index (κ1) is 63.8. The fourth-order valence-corrected chi connectivity index (χ4v) is 18.6. The van der Waals surface area contributed by atoms with Crippen molar-refractivity contribution in [2.24, 2.45) is 0 Å². The predicted octanol–water partition coefficient (Wildman–Crippen LogP) is 30.2. The van der Waals surface area contributed by atoms with Crippen LogP contribution in [0.3, 0.4) is 0 Å². The van der Waals surface area contributed by atoms with Crippen LogP contribution in [0.25, 0.3) is 197 Å². The lowest BCUT2D eigenvalue weighted by atomic mass is 9.84. The molecule has 17 aromatic carbocycles. The number of rotatable bonds is 14. The van der Waals surface area contributed by atoms with Gasteiger partial charge in [0.15, 0.2) is 0 Å². The molecular weight excluding hydrogens is 1300 g/mol. The van der Waals surface area contributed by atoms with E-state index in [1.165, 1.54) is 219 Å². The Hall–Kier alpha value is -12.6. The maximum absolute atomic E-state index is 2.59. The molecule has 0 N–H and O–H groups in total. The molecule has 0 aliphatic rings. The van der Waals surface area contributed by atoms with Crippen LogP contribution in [0.15, 0.2) is 328 Å². The van der Waals surface area contributed by atoms with E-state index in [4.69, 9.17) is 0 Å². The number of fused-ring (bicyclic) bond motifs is 16. The summed E-state index contributed by atoms with van der Waals surface area (Å²) in [5, 5.41) is 20.5. The molecule has 0 radical (unpaired) electrons. The highest BCUT2D eigenvalue weighted by molar-refractivity contribution is 6.29. The Morgan fingerprint density at radius 2 is 0.491 bits per heavy atom. The number of benzene rings is 17. The minimum Gasteiger partial charge on any atom is -0.308 e. The van der Waals surface area contributed by atoms with Crippen LogP contribution < -0.4 is 0 Å². The molecule has 2 heteroatoms. The van der Waals surface area contributed by atoms with Crippen LogP contribution in [0.1, 0.15) is 100 Å². The lowest BCUT2D eigenvalue weighted by Gasteiger charge is -2.19. The summed E-state index contributed by atoms with van der Waals surface area (Å²) in [6, 6.07) is 125. The maximum atomic E-state index is 2.59. The molecule has 0 amide bonds. The second-order valence-corrected chi connectivity index (χ2v) is 31.6. The SMILES string of the molecule is CC(C)c1ccc2cc3c(cc2c1)c1cc(-c2c(-c4ccccc4)cccc2-c2ccccc2)cc2c4cc5cc(C(C)CCC(C)c6ccc7cc8c(cc7c6)c6cc(-c7c(-c9ccccc9)cc(-c9ccccc9)cc7-c7ccccc7)cc7c9cc%10cc(C(C)C)ccc%10cc9n8c76)ccc5cc4n3c12. The zero-order valence-corrected chi connectivity index (χ0v) is 61.8. The molecule has 4 aromatic heterocycles. The van der Waals surface area contributed by atoms with Gasteiger partial charge < -0.3 is 8.80 Å². The van der Waals surface area contributed by atoms with Gasteiger partial charge in [-0.3, -0.25) is 0 Å². The van der Waals surface area contributed by atoms with Crippen LogP contribution in [0.2, 0.25) is 0 Å². The van der Waals surface area contributed by atoms with Crippen molar-refractivity contribution in [1.29, 1.82) is 0 Å². The van der Waals surface area contributed by atoms with Crippen molar-refractivity contribution in [3.63, 3.8) is 0 Å². The normalized spacial score (nSPS) is 12.9. The number of nitrogens with zero attached hydrogens (tertiary/aromatic N) is 2.